The molecule has 1 saturated heterocycles. The van der Waals surface area contributed by atoms with E-state index in [2.05, 4.69) is 11.1 Å². The topological polar surface area (TPSA) is 66.2 Å². The second-order valence-electron chi connectivity index (χ2n) is 7.06. The molecule has 2 aromatic carbocycles. The maximum Gasteiger partial charge on any atom is 0.253 e. The molecule has 1 aliphatic rings. The van der Waals surface area contributed by atoms with Crippen LogP contribution in [0.25, 0.3) is 0 Å². The van der Waals surface area contributed by atoms with Crippen LogP contribution >= 0.6 is 11.8 Å². The van der Waals surface area contributed by atoms with E-state index in [0.29, 0.717) is 30.8 Å². The molecule has 30 heavy (non-hydrogen) atoms. The molecule has 0 aliphatic carbocycles. The average molecular weight is 416 g/mol. The first-order valence-corrected chi connectivity index (χ1v) is 10.6. The Morgan fingerprint density at radius 3 is 2.67 bits per heavy atom. The van der Waals surface area contributed by atoms with Crippen molar-refractivity contribution in [1.29, 1.82) is 5.26 Å². The Bertz CT molecular complexity index is 1050. The van der Waals surface area contributed by atoms with Gasteiger partial charge in [-0.15, -0.1) is 0 Å². The van der Waals surface area contributed by atoms with Gasteiger partial charge in [-0.05, 0) is 60.5 Å². The summed E-state index contributed by atoms with van der Waals surface area (Å²) >= 11 is 1.52. The molecule has 0 spiro atoms. The summed E-state index contributed by atoms with van der Waals surface area (Å²) in [6.07, 6.45) is 4.41. The van der Waals surface area contributed by atoms with Gasteiger partial charge in [0.1, 0.15) is 6.07 Å². The third-order valence-corrected chi connectivity index (χ3v) is 6.09. The van der Waals surface area contributed by atoms with Crippen molar-refractivity contribution in [2.24, 2.45) is 0 Å². The molecule has 5 nitrogen and oxygen atoms in total. The molecule has 0 saturated carbocycles. The number of pyridine rings is 1. The van der Waals surface area contributed by atoms with Gasteiger partial charge in [0.25, 0.3) is 5.91 Å². The van der Waals surface area contributed by atoms with E-state index in [9.17, 15) is 10.1 Å². The lowest BCUT2D eigenvalue weighted by Crippen LogP contribution is -2.30. The van der Waals surface area contributed by atoms with Crippen molar-refractivity contribution in [3.05, 3.63) is 89.7 Å². The Kier molecular flexibility index (Phi) is 6.43. The molecule has 6 heteroatoms. The van der Waals surface area contributed by atoms with E-state index in [1.54, 1.807) is 18.5 Å². The quantitative estimate of drug-likeness (QED) is 0.591. The van der Waals surface area contributed by atoms with Gasteiger partial charge in [-0.3, -0.25) is 9.78 Å². The van der Waals surface area contributed by atoms with Gasteiger partial charge in [-0.1, -0.05) is 23.9 Å². The monoisotopic (exact) mass is 415 g/mol. The summed E-state index contributed by atoms with van der Waals surface area (Å²) in [4.78, 5) is 20.6. The van der Waals surface area contributed by atoms with Crippen molar-refractivity contribution in [3.63, 3.8) is 0 Å². The smallest absolute Gasteiger partial charge is 0.253 e. The van der Waals surface area contributed by atoms with E-state index in [-0.39, 0.29) is 12.0 Å². The van der Waals surface area contributed by atoms with Gasteiger partial charge in [-0.25, -0.2) is 0 Å². The normalized spacial score (nSPS) is 15.7. The van der Waals surface area contributed by atoms with Gasteiger partial charge in [0.05, 0.1) is 18.3 Å². The fourth-order valence-corrected chi connectivity index (χ4v) is 4.26. The summed E-state index contributed by atoms with van der Waals surface area (Å²) in [5.41, 5.74) is 2.40. The fourth-order valence-electron chi connectivity index (χ4n) is 3.36. The number of aromatic nitrogens is 1. The van der Waals surface area contributed by atoms with Crippen LogP contribution in [0, 0.1) is 11.3 Å². The van der Waals surface area contributed by atoms with Gasteiger partial charge in [0, 0.05) is 40.8 Å². The van der Waals surface area contributed by atoms with Crippen LogP contribution in [-0.2, 0) is 11.3 Å². The molecule has 1 atom stereocenters. The summed E-state index contributed by atoms with van der Waals surface area (Å²) in [5, 5.41) is 9.23. The van der Waals surface area contributed by atoms with Crippen LogP contribution < -0.4 is 0 Å². The Morgan fingerprint density at radius 2 is 1.90 bits per heavy atom. The maximum absolute atomic E-state index is 12.8. The first kappa shape index (κ1) is 20.1. The van der Waals surface area contributed by atoms with Crippen molar-refractivity contribution < 1.29 is 9.53 Å². The number of likely N-dealkylation sites (tertiary alicyclic amines) is 1. The van der Waals surface area contributed by atoms with Crippen LogP contribution in [0.5, 0.6) is 0 Å². The van der Waals surface area contributed by atoms with E-state index in [1.807, 2.05) is 59.5 Å². The van der Waals surface area contributed by atoms with Crippen LogP contribution in [0.15, 0.2) is 82.8 Å². The molecule has 150 valence electrons. The Balaban J connectivity index is 1.33. The third-order valence-electron chi connectivity index (χ3n) is 5.00. The zero-order valence-corrected chi connectivity index (χ0v) is 17.2. The number of hydrogen-bond donors (Lipinski definition) is 0. The van der Waals surface area contributed by atoms with Gasteiger partial charge in [0.15, 0.2) is 0 Å². The highest BCUT2D eigenvalue weighted by atomic mass is 32.2. The lowest BCUT2D eigenvalue weighted by Gasteiger charge is -2.17. The van der Waals surface area contributed by atoms with E-state index >= 15 is 0 Å². The second-order valence-corrected chi connectivity index (χ2v) is 8.18. The largest absolute Gasteiger partial charge is 0.372 e. The van der Waals surface area contributed by atoms with Crippen molar-refractivity contribution >= 4 is 17.7 Å². The first-order valence-electron chi connectivity index (χ1n) is 9.80. The molecule has 4 rings (SSSR count). The molecule has 1 aliphatic heterocycles. The SMILES string of the molecule is N#Cc1ccccc1Sc1ccc(C(=O)N2CCC(OCc3ccncc3)C2)cc1. The highest BCUT2D eigenvalue weighted by Crippen LogP contribution is 2.30. The van der Waals surface area contributed by atoms with Crippen LogP contribution in [0.1, 0.15) is 27.9 Å². The molecule has 3 aromatic rings. The molecule has 0 N–H and O–H groups in total. The highest BCUT2D eigenvalue weighted by Gasteiger charge is 2.27. The van der Waals surface area contributed by atoms with Gasteiger partial charge in [0.2, 0.25) is 0 Å². The molecule has 1 fully saturated rings. The van der Waals surface area contributed by atoms with Crippen LogP contribution in [0.4, 0.5) is 0 Å². The van der Waals surface area contributed by atoms with E-state index in [1.165, 1.54) is 11.8 Å². The van der Waals surface area contributed by atoms with Crippen molar-refractivity contribution in [2.45, 2.75) is 28.9 Å². The predicted octanol–water partition coefficient (Wildman–Crippen LogP) is 4.54. The maximum atomic E-state index is 12.8. The standard InChI is InChI=1S/C24H21N3O2S/c25-15-20-3-1-2-4-23(20)30-22-7-5-19(6-8-22)24(28)27-14-11-21(16-27)29-17-18-9-12-26-13-10-18/h1-10,12-13,21H,11,14,16-17H2. The number of nitrogens with zero attached hydrogens (tertiary/aromatic N) is 3. The fraction of sp³-hybridized carbons (Fsp3) is 0.208. The van der Waals surface area contributed by atoms with Gasteiger partial charge >= 0.3 is 0 Å². The number of ether oxygens (including phenoxy) is 1. The zero-order chi connectivity index (χ0) is 20.8. The van der Waals surface area contributed by atoms with Crippen molar-refractivity contribution in [1.82, 2.24) is 9.88 Å². The second kappa shape index (κ2) is 9.57. The summed E-state index contributed by atoms with van der Waals surface area (Å²) in [7, 11) is 0. The minimum atomic E-state index is 0.0268. The number of amides is 1. The molecule has 0 bridgehead atoms. The molecule has 1 amide bonds. The number of rotatable bonds is 6. The predicted molar refractivity (Wildman–Crippen MR) is 115 cm³/mol. The van der Waals surface area contributed by atoms with Gasteiger partial charge in [-0.2, -0.15) is 5.26 Å². The summed E-state index contributed by atoms with van der Waals surface area (Å²) < 4.78 is 5.96. The van der Waals surface area contributed by atoms with Crippen LogP contribution in [0.3, 0.4) is 0 Å². The Morgan fingerprint density at radius 1 is 1.13 bits per heavy atom. The summed E-state index contributed by atoms with van der Waals surface area (Å²) in [6, 6.07) is 21.2. The number of carbonyl (C=O) groups is 1. The highest BCUT2D eigenvalue weighted by molar-refractivity contribution is 7.99. The van der Waals surface area contributed by atoms with E-state index in [0.717, 1.165) is 21.8 Å². The molecular formula is C24H21N3O2S. The van der Waals surface area contributed by atoms with Gasteiger partial charge < -0.3 is 9.64 Å². The third kappa shape index (κ3) is 4.88. The molecule has 2 heterocycles. The average Bonchev–Trinajstić information content (AvgIpc) is 3.28. The lowest BCUT2D eigenvalue weighted by atomic mass is 10.2. The van der Waals surface area contributed by atoms with E-state index in [4.69, 9.17) is 4.74 Å². The number of benzene rings is 2. The first-order chi connectivity index (χ1) is 14.7. The van der Waals surface area contributed by atoms with E-state index < -0.39 is 0 Å². The number of nitriles is 1. The molecular weight excluding hydrogens is 394 g/mol. The number of carbonyl (C=O) groups excluding carboxylic acids is 1. The van der Waals surface area contributed by atoms with Crippen molar-refractivity contribution in [2.75, 3.05) is 13.1 Å². The molecule has 1 unspecified atom stereocenters. The molecule has 0 radical (unpaired) electrons. The number of hydrogen-bond acceptors (Lipinski definition) is 5. The Hall–Kier alpha value is -3.14. The van der Waals surface area contributed by atoms with Crippen LogP contribution in [-0.4, -0.2) is 35.0 Å². The minimum Gasteiger partial charge on any atom is -0.372 e. The Labute approximate surface area is 180 Å². The zero-order valence-electron chi connectivity index (χ0n) is 16.4. The minimum absolute atomic E-state index is 0.0268. The van der Waals surface area contributed by atoms with Crippen LogP contribution in [0.2, 0.25) is 0 Å². The van der Waals surface area contributed by atoms with Crippen molar-refractivity contribution in [3.8, 4) is 6.07 Å². The molecule has 1 aromatic heterocycles. The summed E-state index contributed by atoms with van der Waals surface area (Å²) in [6.45, 7) is 1.84. The summed E-state index contributed by atoms with van der Waals surface area (Å²) in [5.74, 6) is 0.0268. The lowest BCUT2D eigenvalue weighted by molar-refractivity contribution is 0.0437.